The summed E-state index contributed by atoms with van der Waals surface area (Å²) in [7, 11) is 0. The molecule has 0 heterocycles. The molecule has 0 radical (unpaired) electrons. The second kappa shape index (κ2) is 6.94. The first-order valence-electron chi connectivity index (χ1n) is 8.92. The van der Waals surface area contributed by atoms with Gasteiger partial charge in [0.05, 0.1) is 0 Å². The molecule has 0 saturated carbocycles. The Labute approximate surface area is 154 Å². The van der Waals surface area contributed by atoms with Gasteiger partial charge < -0.3 is 9.47 Å². The quantitative estimate of drug-likeness (QED) is 0.468. The van der Waals surface area contributed by atoms with Gasteiger partial charge in [0.25, 0.3) is 5.60 Å². The molecule has 2 aromatic rings. The van der Waals surface area contributed by atoms with E-state index in [1.165, 1.54) is 0 Å². The summed E-state index contributed by atoms with van der Waals surface area (Å²) in [4.78, 5) is 26.6. The fourth-order valence-electron chi connectivity index (χ4n) is 3.20. The van der Waals surface area contributed by atoms with Crippen LogP contribution < -0.4 is 4.74 Å². The summed E-state index contributed by atoms with van der Waals surface area (Å²) >= 11 is 0. The molecule has 0 amide bonds. The average Bonchev–Trinajstić information content (AvgIpc) is 2.73. The third kappa shape index (κ3) is 3.64. The van der Waals surface area contributed by atoms with Crippen molar-refractivity contribution in [1.82, 2.24) is 0 Å². The minimum absolute atomic E-state index is 0.282. The molecular weight excluding hydrogens is 328 g/mol. The Bertz CT molecular complexity index is 804. The topological polar surface area (TPSA) is 52.6 Å². The maximum atomic E-state index is 13.5. The van der Waals surface area contributed by atoms with E-state index in [1.807, 2.05) is 36.4 Å². The molecule has 4 nitrogen and oxygen atoms in total. The first-order chi connectivity index (χ1) is 12.3. The van der Waals surface area contributed by atoms with Crippen molar-refractivity contribution in [2.45, 2.75) is 51.2 Å². The highest BCUT2D eigenvalue weighted by Crippen LogP contribution is 2.34. The van der Waals surface area contributed by atoms with Gasteiger partial charge in [-0.2, -0.15) is 0 Å². The second-order valence-electron chi connectivity index (χ2n) is 7.58. The average molecular weight is 352 g/mol. The van der Waals surface area contributed by atoms with Gasteiger partial charge in [-0.15, -0.1) is 0 Å². The zero-order chi connectivity index (χ0) is 18.8. The van der Waals surface area contributed by atoms with Crippen LogP contribution in [-0.4, -0.2) is 23.0 Å². The largest absolute Gasteiger partial charge is 0.467 e. The summed E-state index contributed by atoms with van der Waals surface area (Å²) in [6, 6.07) is 16.4. The molecule has 0 fully saturated rings. The normalized spacial score (nSPS) is 20.0. The van der Waals surface area contributed by atoms with Gasteiger partial charge in [-0.25, -0.2) is 4.79 Å². The Hall–Kier alpha value is -2.62. The number of Topliss-reactive ketones (excluding diaryl/α,β-unsaturated/α-hetero) is 1. The van der Waals surface area contributed by atoms with Gasteiger partial charge in [-0.3, -0.25) is 4.79 Å². The van der Waals surface area contributed by atoms with Gasteiger partial charge in [0.1, 0.15) is 11.4 Å². The van der Waals surface area contributed by atoms with E-state index in [1.54, 1.807) is 39.0 Å². The van der Waals surface area contributed by atoms with E-state index in [2.05, 4.69) is 0 Å². The van der Waals surface area contributed by atoms with Crippen LogP contribution in [-0.2, 0) is 16.0 Å². The lowest BCUT2D eigenvalue weighted by Crippen LogP contribution is -2.54. The molecule has 3 rings (SSSR count). The lowest BCUT2D eigenvalue weighted by Gasteiger charge is -2.33. The highest BCUT2D eigenvalue weighted by atomic mass is 16.6. The molecule has 0 N–H and O–H groups in total. The van der Waals surface area contributed by atoms with Crippen LogP contribution in [0.5, 0.6) is 5.75 Å². The van der Waals surface area contributed by atoms with Crippen LogP contribution in [0.1, 0.15) is 49.5 Å². The molecule has 0 spiro atoms. The van der Waals surface area contributed by atoms with Crippen molar-refractivity contribution in [3.05, 3.63) is 65.7 Å². The Morgan fingerprint density at radius 2 is 1.65 bits per heavy atom. The smallest absolute Gasteiger partial charge is 0.359 e. The first-order valence-corrected chi connectivity index (χ1v) is 8.92. The maximum Gasteiger partial charge on any atom is 0.359 e. The fraction of sp³-hybridized carbons (Fsp3) is 0.364. The number of benzene rings is 2. The molecule has 0 saturated heterocycles. The maximum absolute atomic E-state index is 13.5. The van der Waals surface area contributed by atoms with Crippen molar-refractivity contribution in [3.63, 3.8) is 0 Å². The monoisotopic (exact) mass is 352 g/mol. The molecular formula is C22H24O4. The predicted octanol–water partition coefficient (Wildman–Crippen LogP) is 4.37. The number of hydrogen-bond donors (Lipinski definition) is 0. The van der Waals surface area contributed by atoms with Gasteiger partial charge in [-0.1, -0.05) is 42.5 Å². The second-order valence-corrected chi connectivity index (χ2v) is 7.58. The number of aryl methyl sites for hydroxylation is 1. The molecule has 0 aliphatic heterocycles. The summed E-state index contributed by atoms with van der Waals surface area (Å²) in [5.41, 5.74) is -0.899. The molecule has 1 atom stereocenters. The van der Waals surface area contributed by atoms with E-state index in [0.717, 1.165) is 12.0 Å². The standard InChI is InChI=1S/C22H24O4/c1-21(2,3)26-20(24)22(25-17-12-5-4-6-13-17)15-9-11-16-10-7-8-14-18(16)19(22)23/h4-8,10,12-14H,9,11,15H2,1-3H3/t22-/m1/s1. The number of ether oxygens (including phenoxy) is 2. The SMILES string of the molecule is CC(C)(C)OC(=O)[C@@]1(Oc2ccccc2)CCCc2ccccc2C1=O. The number of carbonyl (C=O) groups excluding carboxylic acids is 2. The predicted molar refractivity (Wildman–Crippen MR) is 99.4 cm³/mol. The van der Waals surface area contributed by atoms with Gasteiger partial charge >= 0.3 is 5.97 Å². The Kier molecular flexibility index (Phi) is 4.86. The highest BCUT2D eigenvalue weighted by Gasteiger charge is 2.52. The lowest BCUT2D eigenvalue weighted by atomic mass is 9.89. The number of hydrogen-bond acceptors (Lipinski definition) is 4. The number of ketones is 1. The van der Waals surface area contributed by atoms with E-state index >= 15 is 0 Å². The molecule has 0 unspecified atom stereocenters. The summed E-state index contributed by atoms with van der Waals surface area (Å²) in [6.45, 7) is 5.36. The molecule has 4 heteroatoms. The lowest BCUT2D eigenvalue weighted by molar-refractivity contribution is -0.170. The molecule has 2 aromatic carbocycles. The number of fused-ring (bicyclic) bond motifs is 1. The van der Waals surface area contributed by atoms with E-state index in [-0.39, 0.29) is 12.2 Å². The van der Waals surface area contributed by atoms with Crippen LogP contribution in [0.4, 0.5) is 0 Å². The third-order valence-electron chi connectivity index (χ3n) is 4.37. The van der Waals surface area contributed by atoms with E-state index in [9.17, 15) is 9.59 Å². The van der Waals surface area contributed by atoms with Gasteiger partial charge in [0.15, 0.2) is 0 Å². The van der Waals surface area contributed by atoms with Crippen LogP contribution in [0.15, 0.2) is 54.6 Å². The first kappa shape index (κ1) is 18.2. The number of esters is 1. The van der Waals surface area contributed by atoms with Crippen LogP contribution >= 0.6 is 0 Å². The van der Waals surface area contributed by atoms with Gasteiger partial charge in [-0.05, 0) is 51.3 Å². The Balaban J connectivity index is 2.08. The number of carbonyl (C=O) groups is 2. The summed E-state index contributed by atoms with van der Waals surface area (Å²) < 4.78 is 11.7. The Morgan fingerprint density at radius 1 is 1.00 bits per heavy atom. The highest BCUT2D eigenvalue weighted by molar-refractivity contribution is 6.16. The van der Waals surface area contributed by atoms with Crippen LogP contribution in [0.25, 0.3) is 0 Å². The molecule has 0 aromatic heterocycles. The summed E-state index contributed by atoms with van der Waals surface area (Å²) in [6.07, 6.45) is 1.67. The molecule has 1 aliphatic carbocycles. The third-order valence-corrected chi connectivity index (χ3v) is 4.37. The molecule has 0 bridgehead atoms. The van der Waals surface area contributed by atoms with Crippen molar-refractivity contribution in [3.8, 4) is 5.75 Å². The summed E-state index contributed by atoms with van der Waals surface area (Å²) in [5, 5.41) is 0. The fourth-order valence-corrected chi connectivity index (χ4v) is 3.20. The van der Waals surface area contributed by atoms with Crippen molar-refractivity contribution < 1.29 is 19.1 Å². The van der Waals surface area contributed by atoms with Crippen LogP contribution in [0, 0.1) is 0 Å². The van der Waals surface area contributed by atoms with Crippen molar-refractivity contribution >= 4 is 11.8 Å². The van der Waals surface area contributed by atoms with E-state index in [4.69, 9.17) is 9.47 Å². The van der Waals surface area contributed by atoms with Crippen LogP contribution in [0.3, 0.4) is 0 Å². The van der Waals surface area contributed by atoms with E-state index in [0.29, 0.717) is 17.7 Å². The minimum atomic E-state index is -1.67. The van der Waals surface area contributed by atoms with Crippen molar-refractivity contribution in [2.75, 3.05) is 0 Å². The zero-order valence-corrected chi connectivity index (χ0v) is 15.5. The van der Waals surface area contributed by atoms with Crippen molar-refractivity contribution in [1.29, 1.82) is 0 Å². The number of para-hydroxylation sites is 1. The van der Waals surface area contributed by atoms with E-state index < -0.39 is 17.2 Å². The van der Waals surface area contributed by atoms with Gasteiger partial charge in [0.2, 0.25) is 5.78 Å². The zero-order valence-electron chi connectivity index (χ0n) is 15.5. The minimum Gasteiger partial charge on any atom is -0.467 e. The van der Waals surface area contributed by atoms with Crippen LogP contribution in [0.2, 0.25) is 0 Å². The number of rotatable bonds is 3. The molecule has 26 heavy (non-hydrogen) atoms. The Morgan fingerprint density at radius 3 is 2.35 bits per heavy atom. The van der Waals surface area contributed by atoms with Gasteiger partial charge in [0, 0.05) is 12.0 Å². The summed E-state index contributed by atoms with van der Waals surface area (Å²) in [5.74, 6) is -0.481. The molecule has 1 aliphatic rings. The molecule has 136 valence electrons. The van der Waals surface area contributed by atoms with Crippen molar-refractivity contribution in [2.24, 2.45) is 0 Å².